The van der Waals surface area contributed by atoms with Crippen LogP contribution in [0.1, 0.15) is 45.4 Å². The number of benzene rings is 3. The van der Waals surface area contributed by atoms with Gasteiger partial charge in [-0.05, 0) is 36.2 Å². The van der Waals surface area contributed by atoms with Gasteiger partial charge in [-0.15, -0.1) is 0 Å². The number of aromatic nitrogens is 1. The van der Waals surface area contributed by atoms with Gasteiger partial charge in [-0.3, -0.25) is 4.98 Å². The van der Waals surface area contributed by atoms with Crippen molar-refractivity contribution in [2.75, 3.05) is 25.6 Å². The smallest absolute Gasteiger partial charge is 0.127 e. The summed E-state index contributed by atoms with van der Waals surface area (Å²) in [5.74, 6) is 0.938. The fourth-order valence-electron chi connectivity index (χ4n) is 4.76. The molecule has 3 nitrogen and oxygen atoms in total. The highest BCUT2D eigenvalue weighted by atomic mass is 16.5. The molecule has 186 valence electrons. The first-order chi connectivity index (χ1) is 17.7. The summed E-state index contributed by atoms with van der Waals surface area (Å²) in [5, 5.41) is 0. The Morgan fingerprint density at radius 2 is 1.31 bits per heavy atom. The number of hydrogen-bond acceptors (Lipinski definition) is 3. The average Bonchev–Trinajstić information content (AvgIpc) is 2.93. The lowest BCUT2D eigenvalue weighted by Crippen LogP contribution is -2.10. The molecule has 0 saturated carbocycles. The molecule has 0 spiro atoms. The SMILES string of the molecule is CCCCCCCCOc1ccccc1-c1cccc(-c2ccccn2)c1-c1ccccc1N(C)C. The first-order valence-corrected chi connectivity index (χ1v) is 13.2. The van der Waals surface area contributed by atoms with Crippen LogP contribution in [-0.2, 0) is 0 Å². The van der Waals surface area contributed by atoms with Crippen LogP contribution in [0, 0.1) is 0 Å². The van der Waals surface area contributed by atoms with Crippen LogP contribution in [0.3, 0.4) is 0 Å². The highest BCUT2D eigenvalue weighted by molar-refractivity contribution is 5.98. The van der Waals surface area contributed by atoms with Crippen LogP contribution in [0.2, 0.25) is 0 Å². The summed E-state index contributed by atoms with van der Waals surface area (Å²) in [6, 6.07) is 29.6. The Balaban J connectivity index is 1.76. The van der Waals surface area contributed by atoms with Gasteiger partial charge in [0.05, 0.1) is 12.3 Å². The Hall–Kier alpha value is -3.59. The first-order valence-electron chi connectivity index (χ1n) is 13.2. The molecule has 3 heteroatoms. The Labute approximate surface area is 216 Å². The van der Waals surface area contributed by atoms with Gasteiger partial charge in [-0.25, -0.2) is 0 Å². The molecule has 0 aliphatic carbocycles. The molecule has 0 unspecified atom stereocenters. The maximum Gasteiger partial charge on any atom is 0.127 e. The van der Waals surface area contributed by atoms with E-state index in [0.29, 0.717) is 0 Å². The average molecular weight is 479 g/mol. The lowest BCUT2D eigenvalue weighted by atomic mass is 9.88. The molecule has 0 amide bonds. The second-order valence-corrected chi connectivity index (χ2v) is 9.47. The molecule has 1 aromatic heterocycles. The van der Waals surface area contributed by atoms with Gasteiger partial charge >= 0.3 is 0 Å². The number of ether oxygens (including phenoxy) is 1. The van der Waals surface area contributed by atoms with E-state index in [-0.39, 0.29) is 0 Å². The van der Waals surface area contributed by atoms with Gasteiger partial charge < -0.3 is 9.64 Å². The monoisotopic (exact) mass is 478 g/mol. The summed E-state index contributed by atoms with van der Waals surface area (Å²) in [7, 11) is 4.19. The normalized spacial score (nSPS) is 10.9. The van der Waals surface area contributed by atoms with Crippen LogP contribution in [0.5, 0.6) is 5.75 Å². The minimum atomic E-state index is 0.743. The van der Waals surface area contributed by atoms with Gasteiger partial charge in [0.25, 0.3) is 0 Å². The number of para-hydroxylation sites is 2. The van der Waals surface area contributed by atoms with Crippen molar-refractivity contribution < 1.29 is 4.74 Å². The van der Waals surface area contributed by atoms with Crippen LogP contribution < -0.4 is 9.64 Å². The molecule has 0 aliphatic rings. The Kier molecular flexibility index (Phi) is 9.15. The second-order valence-electron chi connectivity index (χ2n) is 9.47. The van der Waals surface area contributed by atoms with Crippen molar-refractivity contribution >= 4 is 5.69 Å². The number of unbranched alkanes of at least 4 members (excludes halogenated alkanes) is 5. The summed E-state index contributed by atoms with van der Waals surface area (Å²) >= 11 is 0. The highest BCUT2D eigenvalue weighted by Crippen LogP contribution is 2.45. The maximum atomic E-state index is 6.39. The Bertz CT molecular complexity index is 1230. The summed E-state index contributed by atoms with van der Waals surface area (Å²) < 4.78 is 6.39. The molecule has 0 saturated heterocycles. The fourth-order valence-corrected chi connectivity index (χ4v) is 4.76. The number of anilines is 1. The third kappa shape index (κ3) is 6.15. The van der Waals surface area contributed by atoms with E-state index in [0.717, 1.165) is 41.2 Å². The van der Waals surface area contributed by atoms with E-state index in [4.69, 9.17) is 9.72 Å². The lowest BCUT2D eigenvalue weighted by Gasteiger charge is -2.23. The van der Waals surface area contributed by atoms with Gasteiger partial charge in [-0.2, -0.15) is 0 Å². The molecule has 1 heterocycles. The second kappa shape index (κ2) is 12.9. The van der Waals surface area contributed by atoms with E-state index in [2.05, 4.69) is 98.7 Å². The summed E-state index contributed by atoms with van der Waals surface area (Å²) in [6.07, 6.45) is 9.38. The summed E-state index contributed by atoms with van der Waals surface area (Å²) in [6.45, 7) is 3.00. The zero-order valence-electron chi connectivity index (χ0n) is 21.9. The quantitative estimate of drug-likeness (QED) is 0.190. The predicted octanol–water partition coefficient (Wildman–Crippen LogP) is 8.89. The zero-order valence-corrected chi connectivity index (χ0v) is 21.9. The molecule has 0 bridgehead atoms. The highest BCUT2D eigenvalue weighted by Gasteiger charge is 2.19. The number of rotatable bonds is 12. The van der Waals surface area contributed by atoms with Crippen molar-refractivity contribution in [3.63, 3.8) is 0 Å². The van der Waals surface area contributed by atoms with E-state index in [1.165, 1.54) is 48.9 Å². The molecule has 0 radical (unpaired) electrons. The van der Waals surface area contributed by atoms with E-state index in [1.54, 1.807) is 0 Å². The van der Waals surface area contributed by atoms with Gasteiger partial charge in [0.15, 0.2) is 0 Å². The van der Waals surface area contributed by atoms with Crippen molar-refractivity contribution in [3.05, 3.63) is 91.1 Å². The Morgan fingerprint density at radius 3 is 2.08 bits per heavy atom. The van der Waals surface area contributed by atoms with Crippen LogP contribution in [-0.4, -0.2) is 25.7 Å². The molecule has 3 aromatic carbocycles. The van der Waals surface area contributed by atoms with Crippen molar-refractivity contribution in [2.24, 2.45) is 0 Å². The topological polar surface area (TPSA) is 25.4 Å². The molecule has 36 heavy (non-hydrogen) atoms. The molecular formula is C33H38N2O. The van der Waals surface area contributed by atoms with Crippen LogP contribution >= 0.6 is 0 Å². The summed E-state index contributed by atoms with van der Waals surface area (Å²) in [4.78, 5) is 6.89. The lowest BCUT2D eigenvalue weighted by molar-refractivity contribution is 0.305. The van der Waals surface area contributed by atoms with Crippen LogP contribution in [0.4, 0.5) is 5.69 Å². The minimum absolute atomic E-state index is 0.743. The maximum absolute atomic E-state index is 6.39. The van der Waals surface area contributed by atoms with Gasteiger partial charge in [0.2, 0.25) is 0 Å². The van der Waals surface area contributed by atoms with E-state index < -0.39 is 0 Å². The Morgan fingerprint density at radius 1 is 0.639 bits per heavy atom. The van der Waals surface area contributed by atoms with Crippen LogP contribution in [0.25, 0.3) is 33.5 Å². The number of pyridine rings is 1. The van der Waals surface area contributed by atoms with Crippen molar-refractivity contribution in [1.29, 1.82) is 0 Å². The number of hydrogen-bond donors (Lipinski definition) is 0. The van der Waals surface area contributed by atoms with Crippen LogP contribution in [0.15, 0.2) is 91.1 Å². The molecule has 4 rings (SSSR count). The van der Waals surface area contributed by atoms with Crippen molar-refractivity contribution in [2.45, 2.75) is 45.4 Å². The molecule has 0 atom stereocenters. The van der Waals surface area contributed by atoms with E-state index in [1.807, 2.05) is 18.3 Å². The van der Waals surface area contributed by atoms with Crippen molar-refractivity contribution in [3.8, 4) is 39.3 Å². The molecular weight excluding hydrogens is 440 g/mol. The molecule has 0 fully saturated rings. The minimum Gasteiger partial charge on any atom is -0.493 e. The zero-order chi connectivity index (χ0) is 25.2. The van der Waals surface area contributed by atoms with Gasteiger partial charge in [0.1, 0.15) is 5.75 Å². The first kappa shape index (κ1) is 25.5. The van der Waals surface area contributed by atoms with E-state index in [9.17, 15) is 0 Å². The largest absolute Gasteiger partial charge is 0.493 e. The van der Waals surface area contributed by atoms with Gasteiger partial charge in [0, 0.05) is 48.2 Å². The third-order valence-corrected chi connectivity index (χ3v) is 6.59. The standard InChI is InChI=1S/C33H38N2O/c1-4-5-6-7-8-15-25-36-32-23-12-10-17-26(32)27-19-16-20-28(30-21-13-14-24-34-30)33(27)29-18-9-11-22-31(29)35(2)3/h9-14,16-24H,4-8,15,25H2,1-3H3. The number of nitrogens with zero attached hydrogens (tertiary/aromatic N) is 2. The predicted molar refractivity (Wildman–Crippen MR) is 154 cm³/mol. The van der Waals surface area contributed by atoms with Gasteiger partial charge in [-0.1, -0.05) is 99.7 Å². The summed E-state index contributed by atoms with van der Waals surface area (Å²) in [5.41, 5.74) is 7.89. The van der Waals surface area contributed by atoms with Crippen molar-refractivity contribution in [1.82, 2.24) is 4.98 Å². The molecule has 4 aromatic rings. The van der Waals surface area contributed by atoms with E-state index >= 15 is 0 Å². The third-order valence-electron chi connectivity index (χ3n) is 6.59. The molecule has 0 N–H and O–H groups in total. The molecule has 0 aliphatic heterocycles. The fraction of sp³-hybridized carbons (Fsp3) is 0.303.